The minimum atomic E-state index is -0.340. The molecule has 3 aromatic heterocycles. The first-order chi connectivity index (χ1) is 12.6. The first-order valence-electron chi connectivity index (χ1n) is 8.39. The molecule has 0 aromatic carbocycles. The molecule has 0 atom stereocenters. The molecule has 1 fully saturated rings. The molecule has 26 heavy (non-hydrogen) atoms. The molecule has 1 aliphatic rings. The second kappa shape index (κ2) is 6.68. The van der Waals surface area contributed by atoms with E-state index in [-0.39, 0.29) is 17.0 Å². The van der Waals surface area contributed by atoms with Crippen LogP contribution in [0.1, 0.15) is 21.7 Å². The summed E-state index contributed by atoms with van der Waals surface area (Å²) in [6, 6.07) is 5.27. The number of rotatable bonds is 3. The molecule has 0 N–H and O–H groups in total. The van der Waals surface area contributed by atoms with Gasteiger partial charge in [0.1, 0.15) is 22.6 Å². The van der Waals surface area contributed by atoms with E-state index in [9.17, 15) is 9.59 Å². The fourth-order valence-electron chi connectivity index (χ4n) is 3.06. The van der Waals surface area contributed by atoms with Gasteiger partial charge in [-0.05, 0) is 19.1 Å². The third-order valence-corrected chi connectivity index (χ3v) is 4.62. The van der Waals surface area contributed by atoms with Gasteiger partial charge in [0.05, 0.1) is 0 Å². The molecular formula is C17H18N6O3. The number of amides is 1. The summed E-state index contributed by atoms with van der Waals surface area (Å²) in [5, 5.41) is 7.67. The van der Waals surface area contributed by atoms with Gasteiger partial charge in [-0.1, -0.05) is 16.4 Å². The van der Waals surface area contributed by atoms with E-state index in [0.717, 1.165) is 11.4 Å². The molecule has 3 aromatic rings. The molecular weight excluding hydrogens is 336 g/mol. The number of aryl methyl sites for hydroxylation is 1. The quantitative estimate of drug-likeness (QED) is 0.669. The van der Waals surface area contributed by atoms with Crippen molar-refractivity contribution in [1.29, 1.82) is 0 Å². The molecule has 0 spiro atoms. The predicted octanol–water partition coefficient (Wildman–Crippen LogP) is 0.344. The molecule has 4 heterocycles. The van der Waals surface area contributed by atoms with Crippen LogP contribution in [0.5, 0.6) is 0 Å². The lowest BCUT2D eigenvalue weighted by atomic mass is 10.2. The first-order valence-corrected chi connectivity index (χ1v) is 8.39. The number of carbonyl (C=O) groups is 1. The summed E-state index contributed by atoms with van der Waals surface area (Å²) in [6.07, 6.45) is 2.99. The smallest absolute Gasteiger partial charge is 0.270 e. The highest BCUT2D eigenvalue weighted by Gasteiger charge is 2.25. The SMILES string of the molecule is Cc1nonc1CN1CCN(C(=O)c2cnc3ccccn3c2=O)CC1. The van der Waals surface area contributed by atoms with Crippen molar-refractivity contribution >= 4 is 11.6 Å². The van der Waals surface area contributed by atoms with Crippen molar-refractivity contribution in [3.63, 3.8) is 0 Å². The van der Waals surface area contributed by atoms with Crippen molar-refractivity contribution in [3.05, 3.63) is 57.9 Å². The summed E-state index contributed by atoms with van der Waals surface area (Å²) in [6.45, 7) is 4.96. The Bertz CT molecular complexity index is 1000. The average Bonchev–Trinajstić information content (AvgIpc) is 3.07. The van der Waals surface area contributed by atoms with E-state index in [4.69, 9.17) is 4.63 Å². The molecule has 1 aliphatic heterocycles. The van der Waals surface area contributed by atoms with Crippen LogP contribution in [-0.2, 0) is 6.54 Å². The van der Waals surface area contributed by atoms with Crippen molar-refractivity contribution < 1.29 is 9.42 Å². The number of pyridine rings is 1. The Labute approximate surface area is 148 Å². The standard InChI is InChI=1S/C17H18N6O3/c1-12-14(20-26-19-12)11-21-6-8-22(9-7-21)16(24)13-10-18-15-4-2-3-5-23(15)17(13)25/h2-5,10H,6-9,11H2,1H3. The van der Waals surface area contributed by atoms with Gasteiger partial charge < -0.3 is 4.90 Å². The largest absolute Gasteiger partial charge is 0.336 e. The van der Waals surface area contributed by atoms with E-state index in [1.54, 1.807) is 29.3 Å². The van der Waals surface area contributed by atoms with E-state index in [1.165, 1.54) is 10.6 Å². The van der Waals surface area contributed by atoms with Crippen LogP contribution in [0, 0.1) is 6.92 Å². The zero-order chi connectivity index (χ0) is 18.1. The van der Waals surface area contributed by atoms with Crippen molar-refractivity contribution in [3.8, 4) is 0 Å². The van der Waals surface area contributed by atoms with Crippen LogP contribution < -0.4 is 5.56 Å². The molecule has 134 valence electrons. The molecule has 1 amide bonds. The highest BCUT2D eigenvalue weighted by molar-refractivity contribution is 5.93. The third-order valence-electron chi connectivity index (χ3n) is 4.62. The Hall–Kier alpha value is -3.07. The highest BCUT2D eigenvalue weighted by Crippen LogP contribution is 2.11. The maximum absolute atomic E-state index is 12.8. The fourth-order valence-corrected chi connectivity index (χ4v) is 3.06. The van der Waals surface area contributed by atoms with Crippen LogP contribution in [-0.4, -0.2) is 61.6 Å². The number of hydrogen-bond donors (Lipinski definition) is 0. The number of piperazine rings is 1. The third kappa shape index (κ3) is 2.97. The van der Waals surface area contributed by atoms with E-state index in [1.807, 2.05) is 6.92 Å². The number of aromatic nitrogens is 4. The lowest BCUT2D eigenvalue weighted by Gasteiger charge is -2.34. The summed E-state index contributed by atoms with van der Waals surface area (Å²) < 4.78 is 6.11. The van der Waals surface area contributed by atoms with Gasteiger partial charge in [0.15, 0.2) is 0 Å². The minimum absolute atomic E-state index is 0.0960. The normalized spacial score (nSPS) is 15.5. The van der Waals surface area contributed by atoms with Gasteiger partial charge in [0, 0.05) is 45.1 Å². The Morgan fingerprint density at radius 2 is 2.00 bits per heavy atom. The van der Waals surface area contributed by atoms with Gasteiger partial charge in [-0.3, -0.25) is 18.9 Å². The van der Waals surface area contributed by atoms with Crippen LogP contribution in [0.2, 0.25) is 0 Å². The van der Waals surface area contributed by atoms with Crippen LogP contribution in [0.25, 0.3) is 5.65 Å². The van der Waals surface area contributed by atoms with Crippen molar-refractivity contribution in [2.24, 2.45) is 0 Å². The van der Waals surface area contributed by atoms with E-state index >= 15 is 0 Å². The van der Waals surface area contributed by atoms with Gasteiger partial charge in [-0.2, -0.15) is 0 Å². The fraction of sp³-hybridized carbons (Fsp3) is 0.353. The lowest BCUT2D eigenvalue weighted by Crippen LogP contribution is -2.49. The Morgan fingerprint density at radius 1 is 1.19 bits per heavy atom. The summed E-state index contributed by atoms with van der Waals surface area (Å²) >= 11 is 0. The van der Waals surface area contributed by atoms with Gasteiger partial charge in [-0.25, -0.2) is 9.61 Å². The number of carbonyl (C=O) groups excluding carboxylic acids is 1. The van der Waals surface area contributed by atoms with Gasteiger partial charge in [-0.15, -0.1) is 0 Å². The minimum Gasteiger partial charge on any atom is -0.336 e. The number of fused-ring (bicyclic) bond motifs is 1. The summed E-state index contributed by atoms with van der Waals surface area (Å²) in [4.78, 5) is 33.4. The number of hydrogen-bond acceptors (Lipinski definition) is 7. The first kappa shape index (κ1) is 16.4. The molecule has 9 nitrogen and oxygen atoms in total. The topological polar surface area (TPSA) is 96.8 Å². The highest BCUT2D eigenvalue weighted by atomic mass is 16.6. The van der Waals surface area contributed by atoms with Crippen LogP contribution in [0.15, 0.2) is 40.0 Å². The molecule has 4 rings (SSSR count). The molecule has 0 radical (unpaired) electrons. The van der Waals surface area contributed by atoms with Crippen LogP contribution >= 0.6 is 0 Å². The van der Waals surface area contributed by atoms with Crippen molar-refractivity contribution in [1.82, 2.24) is 29.5 Å². The van der Waals surface area contributed by atoms with Gasteiger partial charge in [0.25, 0.3) is 11.5 Å². The zero-order valence-electron chi connectivity index (χ0n) is 14.3. The average molecular weight is 354 g/mol. The summed E-state index contributed by atoms with van der Waals surface area (Å²) in [7, 11) is 0. The lowest BCUT2D eigenvalue weighted by molar-refractivity contribution is 0.0623. The number of nitrogens with zero attached hydrogens (tertiary/aromatic N) is 6. The Kier molecular flexibility index (Phi) is 4.21. The molecule has 1 saturated heterocycles. The summed E-state index contributed by atoms with van der Waals surface area (Å²) in [5.41, 5.74) is 1.86. The molecule has 0 unspecified atom stereocenters. The monoisotopic (exact) mass is 354 g/mol. The predicted molar refractivity (Wildman–Crippen MR) is 91.7 cm³/mol. The maximum atomic E-state index is 12.8. The van der Waals surface area contributed by atoms with Crippen molar-refractivity contribution in [2.75, 3.05) is 26.2 Å². The molecule has 0 bridgehead atoms. The Morgan fingerprint density at radius 3 is 2.73 bits per heavy atom. The summed E-state index contributed by atoms with van der Waals surface area (Å²) in [5.74, 6) is -0.278. The second-order valence-corrected chi connectivity index (χ2v) is 6.27. The van der Waals surface area contributed by atoms with Crippen LogP contribution in [0.3, 0.4) is 0 Å². The van der Waals surface area contributed by atoms with Crippen molar-refractivity contribution in [2.45, 2.75) is 13.5 Å². The second-order valence-electron chi connectivity index (χ2n) is 6.27. The Balaban J connectivity index is 1.46. The maximum Gasteiger partial charge on any atom is 0.270 e. The molecule has 9 heteroatoms. The molecule has 0 saturated carbocycles. The van der Waals surface area contributed by atoms with E-state index < -0.39 is 0 Å². The zero-order valence-corrected chi connectivity index (χ0v) is 14.3. The van der Waals surface area contributed by atoms with Crippen LogP contribution in [0.4, 0.5) is 0 Å². The van der Waals surface area contributed by atoms with Gasteiger partial charge >= 0.3 is 0 Å². The molecule has 0 aliphatic carbocycles. The van der Waals surface area contributed by atoms with E-state index in [2.05, 4.69) is 20.2 Å². The van der Waals surface area contributed by atoms with E-state index in [0.29, 0.717) is 38.4 Å². The van der Waals surface area contributed by atoms with Gasteiger partial charge in [0.2, 0.25) is 0 Å².